The van der Waals surface area contributed by atoms with E-state index in [1.807, 2.05) is 0 Å². The van der Waals surface area contributed by atoms with Gasteiger partial charge in [0.25, 0.3) is 5.91 Å². The van der Waals surface area contributed by atoms with Crippen molar-refractivity contribution in [3.05, 3.63) is 29.6 Å². The Kier molecular flexibility index (Phi) is 7.60. The third-order valence-corrected chi connectivity index (χ3v) is 2.67. The number of carbonyl (C=O) groups is 1. The van der Waals surface area contributed by atoms with Gasteiger partial charge in [0.1, 0.15) is 5.82 Å². The minimum Gasteiger partial charge on any atom is -0.399 e. The normalized spacial score (nSPS) is 10.5. The van der Waals surface area contributed by atoms with Gasteiger partial charge in [0.2, 0.25) is 0 Å². The molecule has 1 rings (SSSR count). The summed E-state index contributed by atoms with van der Waals surface area (Å²) in [5.74, 6) is -1.02. The first-order chi connectivity index (χ1) is 9.65. The van der Waals surface area contributed by atoms with Crippen LogP contribution < -0.4 is 11.1 Å². The maximum atomic E-state index is 13.4. The Morgan fingerprint density at radius 3 is 2.85 bits per heavy atom. The minimum atomic E-state index is -0.570. The Bertz CT molecular complexity index is 427. The van der Waals surface area contributed by atoms with Gasteiger partial charge < -0.3 is 20.5 Å². The molecule has 0 radical (unpaired) electrons. The predicted octanol–water partition coefficient (Wildman–Crippen LogP) is 1.58. The Labute approximate surface area is 118 Å². The highest BCUT2D eigenvalue weighted by Gasteiger charge is 2.11. The molecule has 112 valence electrons. The number of anilines is 1. The minimum absolute atomic E-state index is 0.0265. The summed E-state index contributed by atoms with van der Waals surface area (Å²) in [4.78, 5) is 11.7. The van der Waals surface area contributed by atoms with E-state index in [1.165, 1.54) is 18.2 Å². The molecule has 20 heavy (non-hydrogen) atoms. The number of unbranched alkanes of at least 4 members (excludes halogenated alkanes) is 1. The van der Waals surface area contributed by atoms with Crippen LogP contribution in [-0.2, 0) is 9.47 Å². The molecule has 3 N–H and O–H groups in total. The molecular weight excluding hydrogens is 263 g/mol. The molecule has 0 spiro atoms. The monoisotopic (exact) mass is 284 g/mol. The zero-order valence-corrected chi connectivity index (χ0v) is 11.7. The maximum Gasteiger partial charge on any atom is 0.254 e. The third kappa shape index (κ3) is 5.99. The van der Waals surface area contributed by atoms with E-state index in [4.69, 9.17) is 15.2 Å². The van der Waals surface area contributed by atoms with E-state index < -0.39 is 11.7 Å². The van der Waals surface area contributed by atoms with Crippen LogP contribution in [-0.4, -0.2) is 39.4 Å². The fourth-order valence-corrected chi connectivity index (χ4v) is 1.59. The number of methoxy groups -OCH3 is 1. The van der Waals surface area contributed by atoms with E-state index in [0.29, 0.717) is 32.1 Å². The number of nitrogen functional groups attached to an aromatic ring is 1. The topological polar surface area (TPSA) is 73.6 Å². The molecule has 0 atom stereocenters. The fraction of sp³-hybridized carbons (Fsp3) is 0.500. The van der Waals surface area contributed by atoms with Crippen LogP contribution >= 0.6 is 0 Å². The molecule has 1 amide bonds. The summed E-state index contributed by atoms with van der Waals surface area (Å²) >= 11 is 0. The van der Waals surface area contributed by atoms with Crippen molar-refractivity contribution in [3.8, 4) is 0 Å². The molecule has 0 saturated heterocycles. The van der Waals surface area contributed by atoms with Crippen LogP contribution in [0.2, 0.25) is 0 Å². The number of rotatable bonds is 9. The standard InChI is InChI=1S/C14H21FN2O3/c1-19-8-9-20-7-3-2-6-17-14(18)12-10-11(16)4-5-13(12)15/h4-5,10H,2-3,6-9,16H2,1H3,(H,17,18). The maximum absolute atomic E-state index is 13.4. The van der Waals surface area contributed by atoms with E-state index >= 15 is 0 Å². The summed E-state index contributed by atoms with van der Waals surface area (Å²) in [5, 5.41) is 2.65. The number of hydrogen-bond donors (Lipinski definition) is 2. The highest BCUT2D eigenvalue weighted by molar-refractivity contribution is 5.95. The SMILES string of the molecule is COCCOCCCCNC(=O)c1cc(N)ccc1F. The average Bonchev–Trinajstić information content (AvgIpc) is 2.44. The second-order valence-corrected chi connectivity index (χ2v) is 4.31. The van der Waals surface area contributed by atoms with E-state index in [2.05, 4.69) is 5.32 Å². The first kappa shape index (κ1) is 16.4. The van der Waals surface area contributed by atoms with Gasteiger partial charge in [0, 0.05) is 25.9 Å². The lowest BCUT2D eigenvalue weighted by Gasteiger charge is -2.07. The fourth-order valence-electron chi connectivity index (χ4n) is 1.59. The molecule has 1 aromatic carbocycles. The summed E-state index contributed by atoms with van der Waals surface area (Å²) in [6.45, 7) is 2.23. The Balaban J connectivity index is 2.18. The van der Waals surface area contributed by atoms with Crippen molar-refractivity contribution < 1.29 is 18.7 Å². The van der Waals surface area contributed by atoms with Crippen molar-refractivity contribution in [1.82, 2.24) is 5.32 Å². The van der Waals surface area contributed by atoms with Crippen LogP contribution in [0.5, 0.6) is 0 Å². The number of ether oxygens (including phenoxy) is 2. The van der Waals surface area contributed by atoms with Gasteiger partial charge in [-0.1, -0.05) is 0 Å². The summed E-state index contributed by atoms with van der Waals surface area (Å²) in [5.41, 5.74) is 5.86. The molecule has 0 heterocycles. The molecule has 0 aliphatic rings. The number of halogens is 1. The Hall–Kier alpha value is -1.66. The van der Waals surface area contributed by atoms with Gasteiger partial charge in [-0.25, -0.2) is 4.39 Å². The van der Waals surface area contributed by atoms with Crippen LogP contribution in [0.4, 0.5) is 10.1 Å². The van der Waals surface area contributed by atoms with E-state index in [-0.39, 0.29) is 5.56 Å². The first-order valence-electron chi connectivity index (χ1n) is 6.55. The predicted molar refractivity (Wildman–Crippen MR) is 75.1 cm³/mol. The van der Waals surface area contributed by atoms with Crippen molar-refractivity contribution in [2.24, 2.45) is 0 Å². The average molecular weight is 284 g/mol. The van der Waals surface area contributed by atoms with Crippen LogP contribution in [0, 0.1) is 5.82 Å². The number of hydrogen-bond acceptors (Lipinski definition) is 4. The molecule has 0 aliphatic carbocycles. The lowest BCUT2D eigenvalue weighted by atomic mass is 10.1. The van der Waals surface area contributed by atoms with Gasteiger partial charge in [-0.05, 0) is 31.0 Å². The summed E-state index contributed by atoms with van der Waals surface area (Å²) in [6, 6.07) is 3.94. The molecule has 0 fully saturated rings. The molecule has 0 aliphatic heterocycles. The summed E-state index contributed by atoms with van der Waals surface area (Å²) < 4.78 is 23.5. The molecule has 5 nitrogen and oxygen atoms in total. The van der Waals surface area contributed by atoms with Gasteiger partial charge in [0.05, 0.1) is 18.8 Å². The lowest BCUT2D eigenvalue weighted by Crippen LogP contribution is -2.25. The smallest absolute Gasteiger partial charge is 0.254 e. The zero-order chi connectivity index (χ0) is 14.8. The Morgan fingerprint density at radius 1 is 1.30 bits per heavy atom. The second kappa shape index (κ2) is 9.28. The van der Waals surface area contributed by atoms with Crippen LogP contribution in [0.3, 0.4) is 0 Å². The largest absolute Gasteiger partial charge is 0.399 e. The zero-order valence-electron chi connectivity index (χ0n) is 11.7. The molecule has 0 aromatic heterocycles. The van der Waals surface area contributed by atoms with Gasteiger partial charge in [-0.3, -0.25) is 4.79 Å². The number of carbonyl (C=O) groups excluding carboxylic acids is 1. The Morgan fingerprint density at radius 2 is 2.10 bits per heavy atom. The van der Waals surface area contributed by atoms with Gasteiger partial charge in [0.15, 0.2) is 0 Å². The van der Waals surface area contributed by atoms with Crippen molar-refractivity contribution >= 4 is 11.6 Å². The number of nitrogens with two attached hydrogens (primary N) is 1. The van der Waals surface area contributed by atoms with Crippen molar-refractivity contribution in [3.63, 3.8) is 0 Å². The van der Waals surface area contributed by atoms with Crippen molar-refractivity contribution in [1.29, 1.82) is 0 Å². The number of benzene rings is 1. The molecule has 0 saturated carbocycles. The highest BCUT2D eigenvalue weighted by Crippen LogP contribution is 2.11. The van der Waals surface area contributed by atoms with Gasteiger partial charge in [-0.2, -0.15) is 0 Å². The molecule has 0 bridgehead atoms. The molecule has 6 heteroatoms. The van der Waals surface area contributed by atoms with Crippen LogP contribution in [0.15, 0.2) is 18.2 Å². The molecule has 0 unspecified atom stereocenters. The second-order valence-electron chi connectivity index (χ2n) is 4.31. The summed E-state index contributed by atoms with van der Waals surface area (Å²) in [7, 11) is 1.62. The first-order valence-corrected chi connectivity index (χ1v) is 6.55. The quantitative estimate of drug-likeness (QED) is 0.533. The van der Waals surface area contributed by atoms with Crippen molar-refractivity contribution in [2.45, 2.75) is 12.8 Å². The third-order valence-electron chi connectivity index (χ3n) is 2.67. The molecular formula is C14H21FN2O3. The van der Waals surface area contributed by atoms with Gasteiger partial charge in [-0.15, -0.1) is 0 Å². The highest BCUT2D eigenvalue weighted by atomic mass is 19.1. The van der Waals surface area contributed by atoms with Crippen LogP contribution in [0.1, 0.15) is 23.2 Å². The van der Waals surface area contributed by atoms with E-state index in [0.717, 1.165) is 12.8 Å². The van der Waals surface area contributed by atoms with E-state index in [1.54, 1.807) is 7.11 Å². The van der Waals surface area contributed by atoms with Gasteiger partial charge >= 0.3 is 0 Å². The summed E-state index contributed by atoms with van der Waals surface area (Å²) in [6.07, 6.45) is 1.59. The van der Waals surface area contributed by atoms with Crippen molar-refractivity contribution in [2.75, 3.05) is 39.2 Å². The van der Waals surface area contributed by atoms with Crippen LogP contribution in [0.25, 0.3) is 0 Å². The molecule has 1 aromatic rings. The van der Waals surface area contributed by atoms with E-state index in [9.17, 15) is 9.18 Å². The lowest BCUT2D eigenvalue weighted by molar-refractivity contribution is 0.0686. The number of nitrogens with one attached hydrogen (secondary N) is 1. The number of amides is 1.